The minimum atomic E-state index is -0.516. The van der Waals surface area contributed by atoms with E-state index in [0.29, 0.717) is 13.0 Å². The molecule has 1 atom stereocenters. The summed E-state index contributed by atoms with van der Waals surface area (Å²) in [4.78, 5) is 15.7. The zero-order valence-electron chi connectivity index (χ0n) is 12.1. The van der Waals surface area contributed by atoms with Crippen molar-refractivity contribution in [2.45, 2.75) is 25.1 Å². The summed E-state index contributed by atoms with van der Waals surface area (Å²) in [7, 11) is 0. The number of carbonyl (C=O) groups excluding carboxylic acids is 1. The number of nitrogens with zero attached hydrogens (tertiary/aromatic N) is 1. The number of carbonyl (C=O) groups is 1. The summed E-state index contributed by atoms with van der Waals surface area (Å²) in [6.07, 6.45) is 2.44. The fourth-order valence-electron chi connectivity index (χ4n) is 1.98. The van der Waals surface area contributed by atoms with Crippen LogP contribution in [0.2, 0.25) is 0 Å². The molecule has 1 aromatic carbocycles. The molecule has 0 aliphatic rings. The number of thioether (sulfide) groups is 1. The third-order valence-electron chi connectivity index (χ3n) is 3.10. The lowest BCUT2D eigenvalue weighted by atomic mass is 10.1. The van der Waals surface area contributed by atoms with E-state index in [2.05, 4.69) is 23.2 Å². The van der Waals surface area contributed by atoms with Crippen LogP contribution in [0, 0.1) is 0 Å². The van der Waals surface area contributed by atoms with Gasteiger partial charge < -0.3 is 10.5 Å². The predicted molar refractivity (Wildman–Crippen MR) is 87.1 cm³/mol. The van der Waals surface area contributed by atoms with Gasteiger partial charge in [0.05, 0.1) is 12.1 Å². The Kier molecular flexibility index (Phi) is 6.02. The topological polar surface area (TPSA) is 65.2 Å². The molecule has 2 rings (SSSR count). The highest BCUT2D eigenvalue weighted by atomic mass is 32.2. The van der Waals surface area contributed by atoms with E-state index in [1.54, 1.807) is 24.9 Å². The Morgan fingerprint density at radius 1 is 1.43 bits per heavy atom. The Morgan fingerprint density at radius 2 is 2.29 bits per heavy atom. The number of pyridine rings is 1. The molecule has 0 aliphatic carbocycles. The van der Waals surface area contributed by atoms with Crippen LogP contribution in [0.4, 0.5) is 0 Å². The zero-order chi connectivity index (χ0) is 15.1. The second kappa shape index (κ2) is 8.00. The highest BCUT2D eigenvalue weighted by Gasteiger charge is 2.13. The number of esters is 1. The van der Waals surface area contributed by atoms with Gasteiger partial charge in [0.2, 0.25) is 0 Å². The average molecular weight is 304 g/mol. The van der Waals surface area contributed by atoms with E-state index in [1.165, 1.54) is 5.56 Å². The Bertz CT molecular complexity index is 604. The van der Waals surface area contributed by atoms with Gasteiger partial charge in [0.15, 0.2) is 0 Å². The molecule has 0 aliphatic heterocycles. The minimum Gasteiger partial charge on any atom is -0.465 e. The smallest absolute Gasteiger partial charge is 0.322 e. The molecule has 2 aromatic rings. The van der Waals surface area contributed by atoms with Crippen molar-refractivity contribution in [3.8, 4) is 0 Å². The number of benzene rings is 1. The lowest BCUT2D eigenvalue weighted by molar-refractivity contribution is -0.144. The van der Waals surface area contributed by atoms with Gasteiger partial charge >= 0.3 is 5.97 Å². The van der Waals surface area contributed by atoms with E-state index in [1.807, 2.05) is 12.1 Å². The van der Waals surface area contributed by atoms with E-state index in [4.69, 9.17) is 10.5 Å². The molecule has 0 saturated heterocycles. The quantitative estimate of drug-likeness (QED) is 0.629. The first-order valence-corrected chi connectivity index (χ1v) is 8.20. The standard InChI is InChI=1S/C16H20N2O2S/c1-2-20-16(19)14(17)7-9-21-11-12-5-6-15-13(10-12)4-3-8-18-15/h3-6,8,10,14H,2,7,9,11,17H2,1H3. The third kappa shape index (κ3) is 4.72. The van der Waals surface area contributed by atoms with Crippen molar-refractivity contribution in [3.05, 3.63) is 42.1 Å². The highest BCUT2D eigenvalue weighted by molar-refractivity contribution is 7.98. The van der Waals surface area contributed by atoms with Crippen LogP contribution in [0.25, 0.3) is 10.9 Å². The second-order valence-corrected chi connectivity index (χ2v) is 5.84. The number of hydrogen-bond acceptors (Lipinski definition) is 5. The monoisotopic (exact) mass is 304 g/mol. The number of hydrogen-bond donors (Lipinski definition) is 1. The van der Waals surface area contributed by atoms with E-state index < -0.39 is 6.04 Å². The molecule has 0 fully saturated rings. The summed E-state index contributed by atoms with van der Waals surface area (Å²) >= 11 is 1.77. The third-order valence-corrected chi connectivity index (χ3v) is 4.16. The number of rotatable bonds is 7. The predicted octanol–water partition coefficient (Wildman–Crippen LogP) is 2.75. The van der Waals surface area contributed by atoms with Crippen molar-refractivity contribution in [1.29, 1.82) is 0 Å². The van der Waals surface area contributed by atoms with Crippen LogP contribution in [0.3, 0.4) is 0 Å². The molecule has 1 unspecified atom stereocenters. The van der Waals surface area contributed by atoms with Crippen molar-refractivity contribution in [3.63, 3.8) is 0 Å². The van der Waals surface area contributed by atoms with Gasteiger partial charge in [-0.3, -0.25) is 9.78 Å². The fourth-order valence-corrected chi connectivity index (χ4v) is 2.96. The normalized spacial score (nSPS) is 12.3. The molecular weight excluding hydrogens is 284 g/mol. The van der Waals surface area contributed by atoms with E-state index in [-0.39, 0.29) is 5.97 Å². The van der Waals surface area contributed by atoms with Crippen LogP contribution in [0.5, 0.6) is 0 Å². The molecule has 21 heavy (non-hydrogen) atoms. The summed E-state index contributed by atoms with van der Waals surface area (Å²) in [5, 5.41) is 1.15. The first-order chi connectivity index (χ1) is 10.2. The van der Waals surface area contributed by atoms with Crippen LogP contribution in [0.15, 0.2) is 36.5 Å². The van der Waals surface area contributed by atoms with Crippen molar-refractivity contribution in [1.82, 2.24) is 4.98 Å². The van der Waals surface area contributed by atoms with Crippen LogP contribution < -0.4 is 5.73 Å². The zero-order valence-corrected chi connectivity index (χ0v) is 12.9. The van der Waals surface area contributed by atoms with Gasteiger partial charge in [-0.25, -0.2) is 0 Å². The molecule has 0 saturated carbocycles. The highest BCUT2D eigenvalue weighted by Crippen LogP contribution is 2.18. The molecule has 0 bridgehead atoms. The molecule has 2 N–H and O–H groups in total. The summed E-state index contributed by atoms with van der Waals surface area (Å²) < 4.78 is 4.89. The first kappa shape index (κ1) is 15.8. The first-order valence-electron chi connectivity index (χ1n) is 7.04. The SMILES string of the molecule is CCOC(=O)C(N)CCSCc1ccc2ncccc2c1. The molecule has 1 aromatic heterocycles. The maximum atomic E-state index is 11.4. The van der Waals surface area contributed by atoms with E-state index >= 15 is 0 Å². The molecule has 0 radical (unpaired) electrons. The summed E-state index contributed by atoms with van der Waals surface area (Å²) in [6.45, 7) is 2.17. The van der Waals surface area contributed by atoms with Crippen molar-refractivity contribution in [2.24, 2.45) is 5.73 Å². The number of nitrogens with two attached hydrogens (primary N) is 1. The molecular formula is C16H20N2O2S. The van der Waals surface area contributed by atoms with Gasteiger partial charge in [-0.05, 0) is 42.9 Å². The largest absolute Gasteiger partial charge is 0.465 e. The Morgan fingerprint density at radius 3 is 3.10 bits per heavy atom. The minimum absolute atomic E-state index is 0.310. The summed E-state index contributed by atoms with van der Waals surface area (Å²) in [5.74, 6) is 1.43. The van der Waals surface area contributed by atoms with Gasteiger partial charge in [-0.15, -0.1) is 0 Å². The van der Waals surface area contributed by atoms with Crippen molar-refractivity contribution in [2.75, 3.05) is 12.4 Å². The lowest BCUT2D eigenvalue weighted by Crippen LogP contribution is -2.32. The maximum absolute atomic E-state index is 11.4. The molecule has 1 heterocycles. The summed E-state index contributed by atoms with van der Waals surface area (Å²) in [5.41, 5.74) is 8.03. The number of fused-ring (bicyclic) bond motifs is 1. The van der Waals surface area contributed by atoms with E-state index in [0.717, 1.165) is 22.4 Å². The van der Waals surface area contributed by atoms with Crippen LogP contribution in [-0.2, 0) is 15.3 Å². The fraction of sp³-hybridized carbons (Fsp3) is 0.375. The molecule has 112 valence electrons. The number of ether oxygens (including phenoxy) is 1. The van der Waals surface area contributed by atoms with Gasteiger partial charge in [0.1, 0.15) is 6.04 Å². The van der Waals surface area contributed by atoms with Gasteiger partial charge in [0.25, 0.3) is 0 Å². The maximum Gasteiger partial charge on any atom is 0.322 e. The molecule has 0 amide bonds. The number of aromatic nitrogens is 1. The average Bonchev–Trinajstić information content (AvgIpc) is 2.51. The summed E-state index contributed by atoms with van der Waals surface area (Å²) in [6, 6.07) is 9.77. The van der Waals surface area contributed by atoms with Gasteiger partial charge in [-0.2, -0.15) is 11.8 Å². The second-order valence-electron chi connectivity index (χ2n) is 4.73. The van der Waals surface area contributed by atoms with Crippen LogP contribution in [0.1, 0.15) is 18.9 Å². The van der Waals surface area contributed by atoms with Crippen molar-refractivity contribution >= 4 is 28.6 Å². The molecule has 5 heteroatoms. The van der Waals surface area contributed by atoms with Gasteiger partial charge in [-0.1, -0.05) is 12.1 Å². The van der Waals surface area contributed by atoms with Gasteiger partial charge in [0, 0.05) is 17.3 Å². The van der Waals surface area contributed by atoms with Crippen LogP contribution >= 0.6 is 11.8 Å². The Labute approximate surface area is 129 Å². The lowest BCUT2D eigenvalue weighted by Gasteiger charge is -2.10. The Hall–Kier alpha value is -1.59. The Balaban J connectivity index is 1.78. The van der Waals surface area contributed by atoms with E-state index in [9.17, 15) is 4.79 Å². The molecule has 4 nitrogen and oxygen atoms in total. The molecule has 0 spiro atoms. The van der Waals surface area contributed by atoms with Crippen molar-refractivity contribution < 1.29 is 9.53 Å². The van der Waals surface area contributed by atoms with Crippen LogP contribution in [-0.4, -0.2) is 29.4 Å².